The number of fused-ring (bicyclic) bond motifs is 1. The quantitative estimate of drug-likeness (QED) is 0.883. The lowest BCUT2D eigenvalue weighted by Crippen LogP contribution is -2.52. The van der Waals surface area contributed by atoms with Crippen LogP contribution in [0.25, 0.3) is 5.65 Å². The molecule has 1 amide bonds. The summed E-state index contributed by atoms with van der Waals surface area (Å²) >= 11 is 0. The zero-order valence-corrected chi connectivity index (χ0v) is 11.5. The second-order valence-electron chi connectivity index (χ2n) is 5.18. The molecule has 0 spiro atoms. The maximum absolute atomic E-state index is 14.0. The van der Waals surface area contributed by atoms with Gasteiger partial charge in [-0.3, -0.25) is 9.38 Å². The maximum Gasteiger partial charge on any atom is 0.407 e. The number of halogens is 2. The Balaban J connectivity index is 1.69. The number of nitrogens with zero attached hydrogens (tertiary/aromatic N) is 5. The molecule has 1 atom stereocenters. The molecule has 2 aromatic heterocycles. The lowest BCUT2D eigenvalue weighted by Gasteiger charge is -2.37. The molecule has 118 valence electrons. The summed E-state index contributed by atoms with van der Waals surface area (Å²) in [5.74, 6) is -3.51. The first-order chi connectivity index (χ1) is 10.5. The second kappa shape index (κ2) is 5.35. The molecule has 0 aliphatic carbocycles. The number of rotatable bonds is 3. The fourth-order valence-corrected chi connectivity index (χ4v) is 2.51. The summed E-state index contributed by atoms with van der Waals surface area (Å²) in [6, 6.07) is 0. The van der Waals surface area contributed by atoms with Crippen LogP contribution in [0.1, 0.15) is 6.42 Å². The van der Waals surface area contributed by atoms with Crippen molar-refractivity contribution in [2.75, 3.05) is 25.0 Å². The average molecular weight is 312 g/mol. The minimum Gasteiger partial charge on any atom is -0.465 e. The van der Waals surface area contributed by atoms with Crippen LogP contribution >= 0.6 is 0 Å². The van der Waals surface area contributed by atoms with Gasteiger partial charge in [-0.05, 0) is 6.42 Å². The molecule has 3 rings (SSSR count). The molecule has 22 heavy (non-hydrogen) atoms. The van der Waals surface area contributed by atoms with Crippen molar-refractivity contribution in [1.82, 2.24) is 24.5 Å². The van der Waals surface area contributed by atoms with Gasteiger partial charge in [0, 0.05) is 19.0 Å². The Labute approximate surface area is 123 Å². The van der Waals surface area contributed by atoms with E-state index in [1.54, 1.807) is 4.40 Å². The van der Waals surface area contributed by atoms with Crippen LogP contribution in [0.15, 0.2) is 18.7 Å². The van der Waals surface area contributed by atoms with Gasteiger partial charge in [0.15, 0.2) is 5.65 Å². The van der Waals surface area contributed by atoms with E-state index in [9.17, 15) is 13.6 Å². The molecular formula is C12H14F2N6O2. The summed E-state index contributed by atoms with van der Waals surface area (Å²) < 4.78 is 29.7. The number of alkyl halides is 2. The summed E-state index contributed by atoms with van der Waals surface area (Å²) in [5, 5.41) is 19.3. The summed E-state index contributed by atoms with van der Waals surface area (Å²) in [6.07, 6.45) is 3.26. The van der Waals surface area contributed by atoms with Crippen molar-refractivity contribution in [2.24, 2.45) is 5.92 Å². The standard InChI is InChI=1S/C12H14F2N6O2/c13-12(14)6-19(11(21)22)2-1-8(12)3-16-9-4-15-5-10-18-17-7-20(9)10/h4-5,7-8,16H,1-3,6H2,(H,21,22). The van der Waals surface area contributed by atoms with Crippen LogP contribution in [0.5, 0.6) is 0 Å². The Hall–Kier alpha value is -2.52. The largest absolute Gasteiger partial charge is 0.465 e. The SMILES string of the molecule is O=C(O)N1CCC(CNc2cncc3nncn23)C(F)(F)C1. The lowest BCUT2D eigenvalue weighted by molar-refractivity contribution is -0.0992. The van der Waals surface area contributed by atoms with Gasteiger partial charge in [-0.1, -0.05) is 0 Å². The van der Waals surface area contributed by atoms with Crippen molar-refractivity contribution in [1.29, 1.82) is 0 Å². The normalized spacial score (nSPS) is 21.0. The highest BCUT2D eigenvalue weighted by Gasteiger charge is 2.45. The van der Waals surface area contributed by atoms with Crippen molar-refractivity contribution in [3.63, 3.8) is 0 Å². The fraction of sp³-hybridized carbons (Fsp3) is 0.500. The van der Waals surface area contributed by atoms with E-state index in [0.717, 1.165) is 4.90 Å². The third-order valence-corrected chi connectivity index (χ3v) is 3.77. The summed E-state index contributed by atoms with van der Waals surface area (Å²) in [5.41, 5.74) is 0.512. The van der Waals surface area contributed by atoms with Gasteiger partial charge in [0.1, 0.15) is 12.1 Å². The number of carbonyl (C=O) groups is 1. The highest BCUT2D eigenvalue weighted by atomic mass is 19.3. The van der Waals surface area contributed by atoms with E-state index in [1.165, 1.54) is 18.7 Å². The molecule has 0 radical (unpaired) electrons. The van der Waals surface area contributed by atoms with Gasteiger partial charge in [-0.25, -0.2) is 13.6 Å². The Kier molecular flexibility index (Phi) is 3.51. The summed E-state index contributed by atoms with van der Waals surface area (Å²) in [6.45, 7) is -0.657. The first-order valence-corrected chi connectivity index (χ1v) is 6.71. The molecule has 10 heteroatoms. The molecule has 2 aromatic rings. The van der Waals surface area contributed by atoms with E-state index in [1.807, 2.05) is 0 Å². The first-order valence-electron chi connectivity index (χ1n) is 6.71. The molecule has 1 aliphatic rings. The summed E-state index contributed by atoms with van der Waals surface area (Å²) in [4.78, 5) is 15.5. The minimum atomic E-state index is -3.07. The monoisotopic (exact) mass is 312 g/mol. The Bertz CT molecular complexity index is 691. The number of aromatic nitrogens is 4. The third kappa shape index (κ3) is 2.63. The highest BCUT2D eigenvalue weighted by molar-refractivity contribution is 5.65. The van der Waals surface area contributed by atoms with Gasteiger partial charge >= 0.3 is 6.09 Å². The Morgan fingerprint density at radius 3 is 3.05 bits per heavy atom. The van der Waals surface area contributed by atoms with Crippen molar-refractivity contribution >= 4 is 17.6 Å². The molecule has 1 aliphatic heterocycles. The van der Waals surface area contributed by atoms with E-state index in [-0.39, 0.29) is 19.5 Å². The van der Waals surface area contributed by atoms with Crippen molar-refractivity contribution in [3.8, 4) is 0 Å². The van der Waals surface area contributed by atoms with Crippen molar-refractivity contribution in [3.05, 3.63) is 18.7 Å². The van der Waals surface area contributed by atoms with E-state index in [2.05, 4.69) is 20.5 Å². The number of hydrogen-bond acceptors (Lipinski definition) is 5. The topological polar surface area (TPSA) is 95.7 Å². The van der Waals surface area contributed by atoms with Crippen LogP contribution in [-0.4, -0.2) is 61.2 Å². The van der Waals surface area contributed by atoms with Crippen LogP contribution < -0.4 is 5.32 Å². The molecular weight excluding hydrogens is 298 g/mol. The number of hydrogen-bond donors (Lipinski definition) is 2. The van der Waals surface area contributed by atoms with Crippen LogP contribution in [0, 0.1) is 5.92 Å². The van der Waals surface area contributed by atoms with Gasteiger partial charge in [-0.15, -0.1) is 10.2 Å². The smallest absolute Gasteiger partial charge is 0.407 e. The van der Waals surface area contributed by atoms with Crippen LogP contribution in [0.2, 0.25) is 0 Å². The number of amides is 1. The molecule has 0 bridgehead atoms. The van der Waals surface area contributed by atoms with Gasteiger partial charge < -0.3 is 15.3 Å². The predicted octanol–water partition coefficient (Wildman–Crippen LogP) is 1.17. The molecule has 2 N–H and O–H groups in total. The van der Waals surface area contributed by atoms with E-state index < -0.39 is 24.5 Å². The predicted molar refractivity (Wildman–Crippen MR) is 71.9 cm³/mol. The molecule has 0 aromatic carbocycles. The second-order valence-corrected chi connectivity index (χ2v) is 5.18. The van der Waals surface area contributed by atoms with Crippen molar-refractivity contribution in [2.45, 2.75) is 12.3 Å². The van der Waals surface area contributed by atoms with E-state index in [0.29, 0.717) is 11.5 Å². The molecule has 8 nitrogen and oxygen atoms in total. The Morgan fingerprint density at radius 1 is 1.50 bits per heavy atom. The van der Waals surface area contributed by atoms with Crippen LogP contribution in [0.3, 0.4) is 0 Å². The van der Waals surface area contributed by atoms with Crippen LogP contribution in [-0.2, 0) is 0 Å². The molecule has 0 saturated carbocycles. The molecule has 3 heterocycles. The fourth-order valence-electron chi connectivity index (χ4n) is 2.51. The number of piperidine rings is 1. The summed E-state index contributed by atoms with van der Waals surface area (Å²) in [7, 11) is 0. The number of anilines is 1. The van der Waals surface area contributed by atoms with Gasteiger partial charge in [0.25, 0.3) is 5.92 Å². The van der Waals surface area contributed by atoms with Gasteiger partial charge in [0.05, 0.1) is 18.9 Å². The van der Waals surface area contributed by atoms with Crippen LogP contribution in [0.4, 0.5) is 19.4 Å². The van der Waals surface area contributed by atoms with Gasteiger partial charge in [0.2, 0.25) is 0 Å². The van der Waals surface area contributed by atoms with E-state index >= 15 is 0 Å². The zero-order valence-electron chi connectivity index (χ0n) is 11.5. The number of likely N-dealkylation sites (tertiary alicyclic amines) is 1. The third-order valence-electron chi connectivity index (χ3n) is 3.77. The molecule has 1 unspecified atom stereocenters. The zero-order chi connectivity index (χ0) is 15.7. The minimum absolute atomic E-state index is 0.0133. The number of carboxylic acid groups (broad SMARTS) is 1. The van der Waals surface area contributed by atoms with E-state index in [4.69, 9.17) is 5.11 Å². The molecule has 1 saturated heterocycles. The lowest BCUT2D eigenvalue weighted by atomic mass is 9.93. The molecule has 1 fully saturated rings. The average Bonchev–Trinajstić information content (AvgIpc) is 2.94. The Morgan fingerprint density at radius 2 is 2.32 bits per heavy atom. The van der Waals surface area contributed by atoms with Crippen molar-refractivity contribution < 1.29 is 18.7 Å². The van der Waals surface area contributed by atoms with Gasteiger partial charge in [-0.2, -0.15) is 0 Å². The highest BCUT2D eigenvalue weighted by Crippen LogP contribution is 2.33. The first kappa shape index (κ1) is 14.4. The number of nitrogens with one attached hydrogen (secondary N) is 1. The maximum atomic E-state index is 14.0.